The molecule has 0 spiro atoms. The van der Waals surface area contributed by atoms with Gasteiger partial charge >= 0.3 is 6.18 Å². The van der Waals surface area contributed by atoms with Crippen molar-refractivity contribution in [3.8, 4) is 22.6 Å². The van der Waals surface area contributed by atoms with Gasteiger partial charge in [0.1, 0.15) is 22.6 Å². The zero-order valence-corrected chi connectivity index (χ0v) is 17.7. The normalized spacial score (nSPS) is 14.7. The molecule has 1 aliphatic heterocycles. The molecule has 5 aromatic heterocycles. The van der Waals surface area contributed by atoms with E-state index in [0.29, 0.717) is 29.3 Å². The number of anilines is 1. The number of halogens is 3. The second-order valence-electron chi connectivity index (χ2n) is 7.95. The lowest BCUT2D eigenvalue weighted by Crippen LogP contribution is -2.27. The number of aromatic amines is 1. The minimum absolute atomic E-state index is 0.0692. The van der Waals surface area contributed by atoms with Gasteiger partial charge in [0.15, 0.2) is 17.2 Å². The van der Waals surface area contributed by atoms with Gasteiger partial charge in [-0.15, -0.1) is 0 Å². The van der Waals surface area contributed by atoms with Gasteiger partial charge < -0.3 is 0 Å². The first-order chi connectivity index (χ1) is 16.3. The maximum absolute atomic E-state index is 13.8. The molecule has 0 aliphatic carbocycles. The number of carbonyl (C=O) groups excluding carboxylic acids is 1. The Morgan fingerprint density at radius 1 is 1.18 bits per heavy atom. The van der Waals surface area contributed by atoms with E-state index < -0.39 is 11.9 Å². The summed E-state index contributed by atoms with van der Waals surface area (Å²) >= 11 is 0. The summed E-state index contributed by atoms with van der Waals surface area (Å²) in [6.07, 6.45) is 0.238. The highest BCUT2D eigenvalue weighted by atomic mass is 19.4. The summed E-state index contributed by atoms with van der Waals surface area (Å²) < 4.78 is 44.4. The van der Waals surface area contributed by atoms with Gasteiger partial charge in [0.05, 0.1) is 17.5 Å². The molecule has 0 saturated heterocycles. The molecule has 4 bridgehead atoms. The van der Waals surface area contributed by atoms with Gasteiger partial charge in [-0.05, 0) is 18.6 Å². The van der Waals surface area contributed by atoms with Gasteiger partial charge in [0.2, 0.25) is 5.91 Å². The maximum atomic E-state index is 13.8. The van der Waals surface area contributed by atoms with Gasteiger partial charge in [0.25, 0.3) is 0 Å². The van der Waals surface area contributed by atoms with E-state index in [2.05, 4.69) is 30.2 Å². The third-order valence-electron chi connectivity index (χ3n) is 5.79. The van der Waals surface area contributed by atoms with Gasteiger partial charge in [-0.1, -0.05) is 6.07 Å². The summed E-state index contributed by atoms with van der Waals surface area (Å²) in [5.74, 6) is 0.143. The number of nitrogens with zero attached hydrogens (tertiary/aromatic N) is 8. The highest BCUT2D eigenvalue weighted by Crippen LogP contribution is 2.38. The number of H-pyrrole nitrogens is 1. The number of nitrogens with one attached hydrogen (secondary N) is 1. The van der Waals surface area contributed by atoms with Crippen LogP contribution in [-0.4, -0.2) is 52.3 Å². The van der Waals surface area contributed by atoms with Crippen molar-refractivity contribution in [1.29, 1.82) is 0 Å². The lowest BCUT2D eigenvalue weighted by molar-refractivity contribution is -0.141. The Labute approximate surface area is 189 Å². The van der Waals surface area contributed by atoms with Crippen LogP contribution in [-0.2, 0) is 17.5 Å². The van der Waals surface area contributed by atoms with Crippen LogP contribution in [0, 0.1) is 0 Å². The number of aromatic nitrogens is 8. The van der Waals surface area contributed by atoms with Gasteiger partial charge in [-0.3, -0.25) is 23.9 Å². The molecule has 6 rings (SSSR count). The molecule has 1 N–H and O–H groups in total. The van der Waals surface area contributed by atoms with Crippen LogP contribution in [0.4, 0.5) is 19.0 Å². The molecule has 0 fully saturated rings. The lowest BCUT2D eigenvalue weighted by Gasteiger charge is -2.16. The number of imidazole rings is 1. The molecule has 0 unspecified atom stereocenters. The minimum Gasteiger partial charge on any atom is -0.298 e. The molecule has 1 amide bonds. The predicted molar refractivity (Wildman–Crippen MR) is 115 cm³/mol. The van der Waals surface area contributed by atoms with Crippen LogP contribution in [0.1, 0.15) is 18.5 Å². The monoisotopic (exact) mass is 467 g/mol. The molecule has 0 atom stereocenters. The summed E-state index contributed by atoms with van der Waals surface area (Å²) in [6.45, 7) is 0.129. The maximum Gasteiger partial charge on any atom is 0.435 e. The highest BCUT2D eigenvalue weighted by molar-refractivity contribution is 5.96. The fourth-order valence-corrected chi connectivity index (χ4v) is 4.16. The Hall–Kier alpha value is -4.29. The second-order valence-corrected chi connectivity index (χ2v) is 7.95. The van der Waals surface area contributed by atoms with Gasteiger partial charge in [-0.2, -0.15) is 23.4 Å². The van der Waals surface area contributed by atoms with Crippen LogP contribution in [0.3, 0.4) is 0 Å². The van der Waals surface area contributed by atoms with Crippen molar-refractivity contribution in [2.45, 2.75) is 25.6 Å². The fraction of sp³-hybridized carbons (Fsp3) is 0.238. The van der Waals surface area contributed by atoms with Crippen molar-refractivity contribution < 1.29 is 18.0 Å². The Balaban J connectivity index is 1.67. The van der Waals surface area contributed by atoms with Gasteiger partial charge in [0, 0.05) is 32.4 Å². The van der Waals surface area contributed by atoms with E-state index in [9.17, 15) is 18.0 Å². The third-order valence-corrected chi connectivity index (χ3v) is 5.79. The Kier molecular flexibility index (Phi) is 4.25. The van der Waals surface area contributed by atoms with E-state index in [-0.39, 0.29) is 41.3 Å². The van der Waals surface area contributed by atoms with Crippen LogP contribution in [0.25, 0.3) is 39.5 Å². The van der Waals surface area contributed by atoms with E-state index in [0.717, 1.165) is 0 Å². The smallest absolute Gasteiger partial charge is 0.298 e. The standard InChI is InChI=1S/C21H16F3N9O/c1-31-14(34)6-4-7-32-10-11(18(30-32)21(22,23)24)15-16-19(29-28-15)25-9-12(26-16)17-20(31)27-13-5-2-3-8-33(13)17/h2-3,5,8-10H,4,6-7H2,1H3,(H,25,28,29). The van der Waals surface area contributed by atoms with Gasteiger partial charge in [-0.25, -0.2) is 15.0 Å². The number of amides is 1. The topological polar surface area (TPSA) is 110 Å². The summed E-state index contributed by atoms with van der Waals surface area (Å²) in [5.41, 5.74) is 0.569. The van der Waals surface area contributed by atoms with E-state index in [1.807, 2.05) is 6.07 Å². The molecule has 10 nitrogen and oxygen atoms in total. The molecule has 34 heavy (non-hydrogen) atoms. The van der Waals surface area contributed by atoms with Crippen LogP contribution in [0.5, 0.6) is 0 Å². The van der Waals surface area contributed by atoms with Crippen LogP contribution < -0.4 is 4.90 Å². The summed E-state index contributed by atoms with van der Waals surface area (Å²) in [4.78, 5) is 27.9. The van der Waals surface area contributed by atoms with E-state index in [4.69, 9.17) is 0 Å². The second kappa shape index (κ2) is 7.10. The summed E-state index contributed by atoms with van der Waals surface area (Å²) in [6, 6.07) is 5.41. The van der Waals surface area contributed by atoms with Crippen molar-refractivity contribution in [3.05, 3.63) is 42.5 Å². The molecule has 0 radical (unpaired) electrons. The Bertz CT molecular complexity index is 1580. The van der Waals surface area contributed by atoms with E-state index in [1.165, 1.54) is 22.0 Å². The molecular weight excluding hydrogens is 451 g/mol. The minimum atomic E-state index is -4.69. The van der Waals surface area contributed by atoms with Crippen molar-refractivity contribution in [2.24, 2.45) is 0 Å². The molecule has 172 valence electrons. The SMILES string of the molecule is CN1C(=O)CCCn2cc(c(C(F)(F)F)n2)-c2[nH]nc3ncc(nc23)-c2c1nc1ccccn21. The first kappa shape index (κ1) is 20.3. The molecule has 0 aromatic carbocycles. The summed E-state index contributed by atoms with van der Waals surface area (Å²) in [5, 5.41) is 10.4. The first-order valence-corrected chi connectivity index (χ1v) is 10.4. The largest absolute Gasteiger partial charge is 0.435 e. The van der Waals surface area contributed by atoms with E-state index in [1.54, 1.807) is 29.8 Å². The quantitative estimate of drug-likeness (QED) is 0.374. The number of fused-ring (bicyclic) bond motifs is 8. The molecular formula is C21H16F3N9O. The summed E-state index contributed by atoms with van der Waals surface area (Å²) in [7, 11) is 1.61. The average Bonchev–Trinajstić information content (AvgIpc) is 3.51. The zero-order valence-electron chi connectivity index (χ0n) is 17.7. The molecule has 1 aliphatic rings. The molecule has 0 saturated carbocycles. The number of hydrogen-bond donors (Lipinski definition) is 1. The zero-order chi connectivity index (χ0) is 23.6. The van der Waals surface area contributed by atoms with Crippen molar-refractivity contribution in [3.63, 3.8) is 0 Å². The van der Waals surface area contributed by atoms with Crippen molar-refractivity contribution in [1.82, 2.24) is 39.3 Å². The highest BCUT2D eigenvalue weighted by Gasteiger charge is 2.39. The first-order valence-electron chi connectivity index (χ1n) is 10.4. The Morgan fingerprint density at radius 3 is 2.85 bits per heavy atom. The van der Waals surface area contributed by atoms with Crippen LogP contribution in [0.15, 0.2) is 36.8 Å². The Morgan fingerprint density at radius 2 is 2.03 bits per heavy atom. The number of pyridine rings is 1. The molecule has 13 heteroatoms. The molecule has 6 heterocycles. The van der Waals surface area contributed by atoms with Crippen LogP contribution >= 0.6 is 0 Å². The predicted octanol–water partition coefficient (Wildman–Crippen LogP) is 3.31. The number of alkyl halides is 3. The van der Waals surface area contributed by atoms with E-state index >= 15 is 0 Å². The number of rotatable bonds is 0. The van der Waals surface area contributed by atoms with Crippen molar-refractivity contribution >= 4 is 28.5 Å². The average molecular weight is 467 g/mol. The number of aryl methyl sites for hydroxylation is 1. The lowest BCUT2D eigenvalue weighted by atomic mass is 10.1. The third kappa shape index (κ3) is 3.03. The van der Waals surface area contributed by atoms with Crippen molar-refractivity contribution in [2.75, 3.05) is 11.9 Å². The van der Waals surface area contributed by atoms with Crippen LogP contribution in [0.2, 0.25) is 0 Å². The molecule has 5 aromatic rings. The number of carbonyl (C=O) groups is 1. The number of hydrogen-bond acceptors (Lipinski definition) is 6. The fourth-order valence-electron chi connectivity index (χ4n) is 4.16.